The molecule has 0 spiro atoms. The van der Waals surface area contributed by atoms with Gasteiger partial charge in [0.25, 0.3) is 0 Å². The fourth-order valence-electron chi connectivity index (χ4n) is 4.71. The summed E-state index contributed by atoms with van der Waals surface area (Å²) in [4.78, 5) is -0.0695. The molecule has 1 N–H and O–H groups in total. The lowest BCUT2D eigenvalue weighted by atomic mass is 10.0. The Hall–Kier alpha value is -2.31. The Labute approximate surface area is 218 Å². The lowest BCUT2D eigenvalue weighted by Crippen LogP contribution is -2.50. The van der Waals surface area contributed by atoms with Crippen LogP contribution in [0.2, 0.25) is 0 Å². The average Bonchev–Trinajstić information content (AvgIpc) is 3.41. The first-order valence-electron chi connectivity index (χ1n) is 12.3. The van der Waals surface area contributed by atoms with E-state index in [2.05, 4.69) is 6.08 Å². The molecule has 1 aliphatic heterocycles. The van der Waals surface area contributed by atoms with Crippen LogP contribution in [0.1, 0.15) is 38.7 Å². The van der Waals surface area contributed by atoms with Gasteiger partial charge in [-0.3, -0.25) is 0 Å². The molecule has 0 bridgehead atoms. The molecule has 0 saturated carbocycles. The van der Waals surface area contributed by atoms with Gasteiger partial charge in [0.05, 0.1) is 18.0 Å². The van der Waals surface area contributed by atoms with Gasteiger partial charge in [-0.1, -0.05) is 19.1 Å². The van der Waals surface area contributed by atoms with Gasteiger partial charge in [0.15, 0.2) is 0 Å². The van der Waals surface area contributed by atoms with Gasteiger partial charge in [-0.2, -0.15) is 8.61 Å². The predicted molar refractivity (Wildman–Crippen MR) is 139 cm³/mol. The SMILES string of the molecule is C[C@@H]1CN([C@H](C)CO)S(=O)(=O)c2ccc(C3=CCCC3)cc2O[C@@H]1CN(C)S(=O)(=O)c1ccc(F)cc1. The van der Waals surface area contributed by atoms with E-state index in [-0.39, 0.29) is 35.2 Å². The van der Waals surface area contributed by atoms with Crippen LogP contribution in [0, 0.1) is 11.7 Å². The minimum Gasteiger partial charge on any atom is -0.487 e. The zero-order chi connectivity index (χ0) is 27.0. The van der Waals surface area contributed by atoms with Gasteiger partial charge >= 0.3 is 0 Å². The summed E-state index contributed by atoms with van der Waals surface area (Å²) in [5.74, 6) is -0.801. The van der Waals surface area contributed by atoms with Crippen molar-refractivity contribution >= 4 is 25.6 Å². The molecule has 2 aromatic carbocycles. The van der Waals surface area contributed by atoms with Crippen LogP contribution in [0.25, 0.3) is 5.57 Å². The summed E-state index contributed by atoms with van der Waals surface area (Å²) in [5.41, 5.74) is 1.99. The van der Waals surface area contributed by atoms with E-state index >= 15 is 0 Å². The number of rotatable bonds is 7. The van der Waals surface area contributed by atoms with Crippen LogP contribution in [0.15, 0.2) is 58.3 Å². The molecule has 8 nitrogen and oxygen atoms in total. The molecule has 0 radical (unpaired) electrons. The van der Waals surface area contributed by atoms with Crippen LogP contribution in [-0.4, -0.2) is 69.4 Å². The minimum atomic E-state index is -3.99. The number of hydrogen-bond donors (Lipinski definition) is 1. The lowest BCUT2D eigenvalue weighted by Gasteiger charge is -2.37. The normalized spacial score (nSPS) is 23.0. The molecule has 2 aromatic rings. The number of sulfonamides is 2. The van der Waals surface area contributed by atoms with Gasteiger partial charge < -0.3 is 9.84 Å². The maximum absolute atomic E-state index is 13.6. The van der Waals surface area contributed by atoms with Crippen molar-refractivity contribution in [1.29, 1.82) is 0 Å². The number of nitrogens with zero attached hydrogens (tertiary/aromatic N) is 2. The standard InChI is InChI=1S/C26H33FN2O6S2/c1-18-15-29(19(2)17-30)37(33,34)26-13-8-21(20-6-4-5-7-20)14-24(26)35-25(18)16-28(3)36(31,32)23-11-9-22(27)10-12-23/h6,8-14,18-19,25,30H,4-5,7,15-17H2,1-3H3/t18-,19-,25-/m1/s1. The van der Waals surface area contributed by atoms with Crippen molar-refractivity contribution in [2.75, 3.05) is 26.7 Å². The molecule has 0 aromatic heterocycles. The number of benzene rings is 2. The first-order valence-corrected chi connectivity index (χ1v) is 15.2. The van der Waals surface area contributed by atoms with Crippen LogP contribution in [0.3, 0.4) is 0 Å². The van der Waals surface area contributed by atoms with E-state index < -0.39 is 43.9 Å². The molecule has 1 heterocycles. The first-order chi connectivity index (χ1) is 17.4. The summed E-state index contributed by atoms with van der Waals surface area (Å²) >= 11 is 0. The van der Waals surface area contributed by atoms with E-state index in [0.717, 1.165) is 46.8 Å². The van der Waals surface area contributed by atoms with Crippen molar-refractivity contribution in [3.8, 4) is 5.75 Å². The lowest BCUT2D eigenvalue weighted by molar-refractivity contribution is 0.0904. The first kappa shape index (κ1) is 27.7. The third kappa shape index (κ3) is 5.61. The number of allylic oxidation sites excluding steroid dienone is 2. The van der Waals surface area contributed by atoms with Crippen molar-refractivity contribution in [3.63, 3.8) is 0 Å². The number of fused-ring (bicyclic) bond motifs is 1. The monoisotopic (exact) mass is 552 g/mol. The molecule has 2 aliphatic rings. The van der Waals surface area contributed by atoms with Crippen LogP contribution in [0.5, 0.6) is 5.75 Å². The molecule has 11 heteroatoms. The fraction of sp³-hybridized carbons (Fsp3) is 0.462. The molecule has 3 atom stereocenters. The summed E-state index contributed by atoms with van der Waals surface area (Å²) in [6.07, 6.45) is 4.30. The molecule has 0 unspecified atom stereocenters. The van der Waals surface area contributed by atoms with Crippen molar-refractivity contribution in [2.24, 2.45) is 5.92 Å². The van der Waals surface area contributed by atoms with Crippen LogP contribution >= 0.6 is 0 Å². The molecule has 1 aliphatic carbocycles. The van der Waals surface area contributed by atoms with Crippen molar-refractivity contribution in [1.82, 2.24) is 8.61 Å². The third-order valence-electron chi connectivity index (χ3n) is 7.04. The second kappa shape index (κ2) is 10.8. The van der Waals surface area contributed by atoms with Gasteiger partial charge in [-0.25, -0.2) is 21.2 Å². The zero-order valence-electron chi connectivity index (χ0n) is 21.2. The average molecular weight is 553 g/mol. The Kier molecular flexibility index (Phi) is 8.10. The molecule has 4 rings (SSSR count). The minimum absolute atomic E-state index is 0.0175. The quantitative estimate of drug-likeness (QED) is 0.564. The van der Waals surface area contributed by atoms with Crippen LogP contribution < -0.4 is 4.74 Å². The van der Waals surface area contributed by atoms with Crippen molar-refractivity contribution in [2.45, 2.75) is 55.0 Å². The molecule has 0 fully saturated rings. The summed E-state index contributed by atoms with van der Waals surface area (Å²) in [6, 6.07) is 8.92. The summed E-state index contributed by atoms with van der Waals surface area (Å²) in [6.45, 7) is 3.03. The molecule has 0 saturated heterocycles. The summed E-state index contributed by atoms with van der Waals surface area (Å²) < 4.78 is 75.7. The topological polar surface area (TPSA) is 104 Å². The van der Waals surface area contributed by atoms with E-state index in [1.165, 1.54) is 29.6 Å². The van der Waals surface area contributed by atoms with E-state index in [1.54, 1.807) is 26.0 Å². The highest BCUT2D eigenvalue weighted by Crippen LogP contribution is 2.37. The van der Waals surface area contributed by atoms with Gasteiger partial charge in [0.2, 0.25) is 20.0 Å². The Morgan fingerprint density at radius 2 is 1.92 bits per heavy atom. The molecular formula is C26H33FN2O6S2. The zero-order valence-corrected chi connectivity index (χ0v) is 22.8. The van der Waals surface area contributed by atoms with Gasteiger partial charge in [-0.15, -0.1) is 0 Å². The van der Waals surface area contributed by atoms with Gasteiger partial charge in [0.1, 0.15) is 22.6 Å². The molecule has 37 heavy (non-hydrogen) atoms. The summed E-state index contributed by atoms with van der Waals surface area (Å²) in [7, 11) is -6.53. The summed E-state index contributed by atoms with van der Waals surface area (Å²) in [5, 5.41) is 9.81. The molecule has 0 amide bonds. The Morgan fingerprint density at radius 3 is 2.54 bits per heavy atom. The highest BCUT2D eigenvalue weighted by Gasteiger charge is 2.39. The highest BCUT2D eigenvalue weighted by molar-refractivity contribution is 7.89. The number of halogens is 1. The van der Waals surface area contributed by atoms with Gasteiger partial charge in [0, 0.05) is 25.6 Å². The largest absolute Gasteiger partial charge is 0.487 e. The Bertz CT molecular complexity index is 1380. The predicted octanol–water partition coefficient (Wildman–Crippen LogP) is 3.48. The smallest absolute Gasteiger partial charge is 0.247 e. The third-order valence-corrected chi connectivity index (χ3v) is 10.9. The number of aliphatic hydroxyl groups excluding tert-OH is 1. The maximum Gasteiger partial charge on any atom is 0.247 e. The van der Waals surface area contributed by atoms with Gasteiger partial charge in [-0.05, 0) is 73.7 Å². The van der Waals surface area contributed by atoms with E-state index in [9.17, 15) is 26.3 Å². The molecule has 202 valence electrons. The number of hydrogen-bond acceptors (Lipinski definition) is 6. The van der Waals surface area contributed by atoms with Crippen LogP contribution in [0.4, 0.5) is 4.39 Å². The van der Waals surface area contributed by atoms with Crippen molar-refractivity contribution in [3.05, 3.63) is 59.9 Å². The van der Waals surface area contributed by atoms with Crippen LogP contribution in [-0.2, 0) is 20.0 Å². The van der Waals surface area contributed by atoms with E-state index in [4.69, 9.17) is 4.74 Å². The van der Waals surface area contributed by atoms with Crippen molar-refractivity contribution < 1.29 is 31.1 Å². The van der Waals surface area contributed by atoms with E-state index in [0.29, 0.717) is 0 Å². The second-order valence-corrected chi connectivity index (χ2v) is 13.7. The Balaban J connectivity index is 1.74. The number of likely N-dealkylation sites (N-methyl/N-ethyl adjacent to an activating group) is 1. The van der Waals surface area contributed by atoms with E-state index in [1.807, 2.05) is 0 Å². The molecular weight excluding hydrogens is 519 g/mol. The number of aliphatic hydroxyl groups is 1. The Morgan fingerprint density at radius 1 is 1.22 bits per heavy atom. The number of ether oxygens (including phenoxy) is 1. The fourth-order valence-corrected chi connectivity index (χ4v) is 7.72. The second-order valence-electron chi connectivity index (χ2n) is 9.76. The highest BCUT2D eigenvalue weighted by atomic mass is 32.2. The maximum atomic E-state index is 13.6.